The Kier molecular flexibility index (Phi) is 3.94. The Morgan fingerprint density at radius 1 is 1.65 bits per heavy atom. The number of halogens is 1. The summed E-state index contributed by atoms with van der Waals surface area (Å²) in [6, 6.07) is 0. The van der Waals surface area contributed by atoms with Gasteiger partial charge in [0, 0.05) is 5.38 Å². The lowest BCUT2D eigenvalue weighted by Crippen LogP contribution is -2.55. The van der Waals surface area contributed by atoms with Crippen molar-refractivity contribution in [2.75, 3.05) is 12.3 Å². The lowest BCUT2D eigenvalue weighted by Gasteiger charge is -2.26. The zero-order chi connectivity index (χ0) is 14.9. The summed E-state index contributed by atoms with van der Waals surface area (Å²) in [7, 11) is 0. The predicted molar refractivity (Wildman–Crippen MR) is 68.3 cm³/mol. The van der Waals surface area contributed by atoms with Crippen LogP contribution in [0.2, 0.25) is 0 Å². The number of rotatable bonds is 2. The summed E-state index contributed by atoms with van der Waals surface area (Å²) in [6.07, 6.45) is -2.54. The van der Waals surface area contributed by atoms with Gasteiger partial charge >= 0.3 is 5.69 Å². The first-order valence-corrected chi connectivity index (χ1v) is 5.89. The van der Waals surface area contributed by atoms with Crippen LogP contribution in [0.15, 0.2) is 11.0 Å². The average molecular weight is 302 g/mol. The van der Waals surface area contributed by atoms with Crippen LogP contribution in [-0.4, -0.2) is 49.3 Å². The van der Waals surface area contributed by atoms with E-state index in [1.807, 2.05) is 5.38 Å². The molecule has 108 valence electrons. The highest BCUT2D eigenvalue weighted by molar-refractivity contribution is 6.30. The Bertz CT molecular complexity index is 626. The van der Waals surface area contributed by atoms with Crippen molar-refractivity contribution in [3.05, 3.63) is 16.7 Å². The van der Waals surface area contributed by atoms with Gasteiger partial charge in [-0.3, -0.25) is 0 Å². The molecule has 1 unspecified atom stereocenters. The van der Waals surface area contributed by atoms with Gasteiger partial charge in [0.2, 0.25) is 0 Å². The van der Waals surface area contributed by atoms with Crippen molar-refractivity contribution in [1.29, 1.82) is 0 Å². The van der Waals surface area contributed by atoms with Crippen molar-refractivity contribution in [3.8, 4) is 11.3 Å². The third-order valence-corrected chi connectivity index (χ3v) is 3.05. The van der Waals surface area contributed by atoms with Crippen LogP contribution in [0.5, 0.6) is 0 Å². The molecule has 0 bridgehead atoms. The molecule has 0 radical (unpaired) electrons. The number of aliphatic hydroxyl groups excluding tert-OH is 2. The Hall–Kier alpha value is -1.70. The molecule has 1 aliphatic rings. The van der Waals surface area contributed by atoms with E-state index in [9.17, 15) is 9.90 Å². The molecule has 9 nitrogen and oxygen atoms in total. The fourth-order valence-corrected chi connectivity index (χ4v) is 2.11. The molecule has 1 fully saturated rings. The maximum Gasteiger partial charge on any atom is 0.368 e. The SMILES string of the molecule is Nc1cnn([C@@H]2O[C@H](CO)C(O)[C@]2(N)C#CCl)c(=O)n1. The normalized spacial score (nSPS) is 32.7. The number of nitrogen functional groups attached to an aromatic ring is 1. The molecule has 0 aliphatic carbocycles. The molecule has 1 aromatic rings. The Morgan fingerprint density at radius 2 is 2.35 bits per heavy atom. The zero-order valence-corrected chi connectivity index (χ0v) is 10.9. The number of aliphatic hydroxyl groups is 2. The van der Waals surface area contributed by atoms with Gasteiger partial charge in [-0.15, -0.1) is 0 Å². The standard InChI is InChI=1S/C10H12ClN5O4/c11-2-1-10(13)7(18)5(4-17)20-8(10)16-9(19)15-6(12)3-14-16/h3,5,7-8,17-18H,4,13H2,(H2,12,15,19)/t5-,7?,8-,10-/m1/s1. The molecule has 2 heterocycles. The van der Waals surface area contributed by atoms with E-state index in [0.717, 1.165) is 10.9 Å². The summed E-state index contributed by atoms with van der Waals surface area (Å²) < 4.78 is 6.12. The number of nitrogens with zero attached hydrogens (tertiary/aromatic N) is 3. The largest absolute Gasteiger partial charge is 0.394 e. The minimum Gasteiger partial charge on any atom is -0.394 e. The van der Waals surface area contributed by atoms with Gasteiger partial charge < -0.3 is 26.4 Å². The predicted octanol–water partition coefficient (Wildman–Crippen LogP) is -2.63. The lowest BCUT2D eigenvalue weighted by molar-refractivity contribution is -0.0528. The second-order valence-corrected chi connectivity index (χ2v) is 4.40. The third-order valence-electron chi connectivity index (χ3n) is 2.95. The summed E-state index contributed by atoms with van der Waals surface area (Å²) in [5.74, 6) is 2.30. The zero-order valence-electron chi connectivity index (χ0n) is 10.1. The van der Waals surface area contributed by atoms with E-state index in [0.29, 0.717) is 0 Å². The summed E-state index contributed by atoms with van der Waals surface area (Å²) in [5, 5.41) is 25.0. The number of nitrogens with two attached hydrogens (primary N) is 2. The van der Waals surface area contributed by atoms with Crippen molar-refractivity contribution >= 4 is 17.4 Å². The first-order chi connectivity index (χ1) is 9.43. The molecule has 2 rings (SSSR count). The van der Waals surface area contributed by atoms with Crippen LogP contribution in [0.3, 0.4) is 0 Å². The Morgan fingerprint density at radius 3 is 2.90 bits per heavy atom. The van der Waals surface area contributed by atoms with Crippen LogP contribution < -0.4 is 17.2 Å². The van der Waals surface area contributed by atoms with Gasteiger partial charge in [-0.25, -0.2) is 4.79 Å². The van der Waals surface area contributed by atoms with Crippen LogP contribution in [-0.2, 0) is 4.74 Å². The number of hydrogen-bond donors (Lipinski definition) is 4. The summed E-state index contributed by atoms with van der Waals surface area (Å²) in [6.45, 7) is -0.516. The molecule has 4 atom stereocenters. The van der Waals surface area contributed by atoms with Crippen LogP contribution in [0.25, 0.3) is 0 Å². The molecule has 0 amide bonds. The number of ether oxygens (including phenoxy) is 1. The van der Waals surface area contributed by atoms with Gasteiger partial charge in [-0.2, -0.15) is 14.8 Å². The number of aromatic nitrogens is 3. The highest BCUT2D eigenvalue weighted by Gasteiger charge is 2.55. The number of anilines is 1. The van der Waals surface area contributed by atoms with Gasteiger partial charge in [0.15, 0.2) is 11.8 Å². The maximum absolute atomic E-state index is 11.8. The smallest absolute Gasteiger partial charge is 0.368 e. The first kappa shape index (κ1) is 14.7. The first-order valence-electron chi connectivity index (χ1n) is 5.51. The summed E-state index contributed by atoms with van der Waals surface area (Å²) in [5.41, 5.74) is 8.75. The summed E-state index contributed by atoms with van der Waals surface area (Å²) >= 11 is 5.33. The molecular formula is C10H12ClN5O4. The maximum atomic E-state index is 11.8. The molecule has 0 saturated carbocycles. The molecule has 20 heavy (non-hydrogen) atoms. The molecule has 1 aliphatic heterocycles. The van der Waals surface area contributed by atoms with Gasteiger partial charge in [-0.05, 0) is 11.6 Å². The summed E-state index contributed by atoms with van der Waals surface area (Å²) in [4.78, 5) is 15.3. The van der Waals surface area contributed by atoms with Crippen LogP contribution >= 0.6 is 11.6 Å². The van der Waals surface area contributed by atoms with E-state index in [4.69, 9.17) is 32.9 Å². The second-order valence-electron chi connectivity index (χ2n) is 4.22. The Balaban J connectivity index is 2.52. The molecule has 0 spiro atoms. The van der Waals surface area contributed by atoms with Crippen molar-refractivity contribution in [1.82, 2.24) is 14.8 Å². The average Bonchev–Trinajstić information content (AvgIpc) is 2.63. The lowest BCUT2D eigenvalue weighted by atomic mass is 9.92. The van der Waals surface area contributed by atoms with E-state index < -0.39 is 36.3 Å². The third kappa shape index (κ3) is 2.24. The molecule has 1 aromatic heterocycles. The monoisotopic (exact) mass is 301 g/mol. The fraction of sp³-hybridized carbons (Fsp3) is 0.500. The van der Waals surface area contributed by atoms with E-state index in [1.165, 1.54) is 0 Å². The highest BCUT2D eigenvalue weighted by atomic mass is 35.5. The quantitative estimate of drug-likeness (QED) is 0.433. The topological polar surface area (TPSA) is 150 Å². The van der Waals surface area contributed by atoms with Crippen molar-refractivity contribution in [2.24, 2.45) is 5.73 Å². The van der Waals surface area contributed by atoms with Crippen molar-refractivity contribution < 1.29 is 14.9 Å². The Labute approximate surface area is 118 Å². The van der Waals surface area contributed by atoms with Gasteiger partial charge in [0.05, 0.1) is 12.8 Å². The highest BCUT2D eigenvalue weighted by Crippen LogP contribution is 2.35. The van der Waals surface area contributed by atoms with Crippen LogP contribution in [0.4, 0.5) is 5.82 Å². The van der Waals surface area contributed by atoms with Gasteiger partial charge in [-0.1, -0.05) is 5.92 Å². The van der Waals surface area contributed by atoms with Gasteiger partial charge in [0.1, 0.15) is 18.0 Å². The fourth-order valence-electron chi connectivity index (χ4n) is 1.95. The minimum atomic E-state index is -1.72. The number of hydrogen-bond acceptors (Lipinski definition) is 8. The molecule has 6 N–H and O–H groups in total. The van der Waals surface area contributed by atoms with Gasteiger partial charge in [0.25, 0.3) is 0 Å². The van der Waals surface area contributed by atoms with Crippen molar-refractivity contribution in [3.63, 3.8) is 0 Å². The molecule has 1 saturated heterocycles. The molecule has 0 aromatic carbocycles. The minimum absolute atomic E-state index is 0.0745. The molecular weight excluding hydrogens is 290 g/mol. The van der Waals surface area contributed by atoms with Crippen molar-refractivity contribution in [2.45, 2.75) is 24.0 Å². The van der Waals surface area contributed by atoms with E-state index in [-0.39, 0.29) is 5.82 Å². The van der Waals surface area contributed by atoms with E-state index >= 15 is 0 Å². The van der Waals surface area contributed by atoms with E-state index in [2.05, 4.69) is 16.0 Å². The van der Waals surface area contributed by atoms with Crippen LogP contribution in [0.1, 0.15) is 6.23 Å². The van der Waals surface area contributed by atoms with Crippen LogP contribution in [0, 0.1) is 11.3 Å². The second kappa shape index (κ2) is 5.35. The molecule has 10 heteroatoms. The van der Waals surface area contributed by atoms with E-state index in [1.54, 1.807) is 0 Å².